The summed E-state index contributed by atoms with van der Waals surface area (Å²) >= 11 is 1.96. The molecule has 0 unspecified atom stereocenters. The number of thioether (sulfide) groups is 1. The minimum Gasteiger partial charge on any atom is -0.377 e. The number of allylic oxidation sites excluding steroid dienone is 1. The van der Waals surface area contributed by atoms with E-state index in [1.807, 2.05) is 11.8 Å². The zero-order valence-corrected chi connectivity index (χ0v) is 10.4. The Labute approximate surface area is 96.2 Å². The number of fused-ring (bicyclic) bond motifs is 1. The summed E-state index contributed by atoms with van der Waals surface area (Å²) in [5.74, 6) is 1.19. The lowest BCUT2D eigenvalue weighted by Gasteiger charge is -2.19. The van der Waals surface area contributed by atoms with Crippen LogP contribution >= 0.6 is 11.8 Å². The van der Waals surface area contributed by atoms with Crippen molar-refractivity contribution in [3.05, 3.63) is 35.4 Å². The molecule has 80 valence electrons. The van der Waals surface area contributed by atoms with Crippen LogP contribution in [0.1, 0.15) is 17.5 Å². The fraction of sp³-hybridized carbons (Fsp3) is 0.385. The van der Waals surface area contributed by atoms with Gasteiger partial charge >= 0.3 is 0 Å². The highest BCUT2D eigenvalue weighted by molar-refractivity contribution is 7.99. The third-order valence-electron chi connectivity index (χ3n) is 2.61. The molecule has 0 aromatic heterocycles. The SMILES string of the molecule is Cc1ccc2c(c1)C(N(C)C)=CCCS2. The van der Waals surface area contributed by atoms with Crippen molar-refractivity contribution in [3.63, 3.8) is 0 Å². The normalized spacial score (nSPS) is 15.3. The molecule has 0 saturated carbocycles. The van der Waals surface area contributed by atoms with Gasteiger partial charge < -0.3 is 4.90 Å². The van der Waals surface area contributed by atoms with E-state index in [-0.39, 0.29) is 0 Å². The van der Waals surface area contributed by atoms with Crippen molar-refractivity contribution in [1.82, 2.24) is 4.90 Å². The van der Waals surface area contributed by atoms with E-state index >= 15 is 0 Å². The fourth-order valence-electron chi connectivity index (χ4n) is 1.87. The minimum atomic E-state index is 1.16. The maximum atomic E-state index is 2.35. The molecule has 0 aliphatic carbocycles. The Balaban J connectivity index is 2.52. The van der Waals surface area contributed by atoms with Gasteiger partial charge in [0.15, 0.2) is 0 Å². The van der Waals surface area contributed by atoms with E-state index in [9.17, 15) is 0 Å². The second-order valence-electron chi connectivity index (χ2n) is 4.12. The molecule has 1 aromatic carbocycles. The van der Waals surface area contributed by atoms with Crippen molar-refractivity contribution in [2.75, 3.05) is 19.8 Å². The van der Waals surface area contributed by atoms with Crippen LogP contribution in [0.25, 0.3) is 5.70 Å². The van der Waals surface area contributed by atoms with Crippen LogP contribution < -0.4 is 0 Å². The zero-order chi connectivity index (χ0) is 10.8. The van der Waals surface area contributed by atoms with E-state index in [2.05, 4.69) is 50.2 Å². The van der Waals surface area contributed by atoms with E-state index in [0.717, 1.165) is 6.42 Å². The van der Waals surface area contributed by atoms with E-state index in [4.69, 9.17) is 0 Å². The average molecular weight is 219 g/mol. The molecule has 0 bridgehead atoms. The summed E-state index contributed by atoms with van der Waals surface area (Å²) in [6, 6.07) is 6.74. The first-order valence-corrected chi connectivity index (χ1v) is 6.28. The van der Waals surface area contributed by atoms with Gasteiger partial charge in [0.2, 0.25) is 0 Å². The van der Waals surface area contributed by atoms with Gasteiger partial charge in [-0.1, -0.05) is 17.7 Å². The molecule has 15 heavy (non-hydrogen) atoms. The Bertz CT molecular complexity index is 394. The van der Waals surface area contributed by atoms with Crippen LogP contribution in [0.3, 0.4) is 0 Å². The van der Waals surface area contributed by atoms with Crippen LogP contribution in [-0.2, 0) is 0 Å². The van der Waals surface area contributed by atoms with Crippen molar-refractivity contribution >= 4 is 17.5 Å². The quantitative estimate of drug-likeness (QED) is 0.712. The van der Waals surface area contributed by atoms with E-state index < -0.39 is 0 Å². The number of aryl methyl sites for hydroxylation is 1. The Kier molecular flexibility index (Phi) is 3.06. The number of nitrogens with zero attached hydrogens (tertiary/aromatic N) is 1. The predicted molar refractivity (Wildman–Crippen MR) is 68.2 cm³/mol. The molecular formula is C13H17NS. The third-order valence-corrected chi connectivity index (χ3v) is 3.71. The molecule has 0 atom stereocenters. The summed E-state index contributed by atoms with van der Waals surface area (Å²) in [6.07, 6.45) is 3.50. The largest absolute Gasteiger partial charge is 0.377 e. The highest BCUT2D eigenvalue weighted by atomic mass is 32.2. The molecule has 0 fully saturated rings. The van der Waals surface area contributed by atoms with Crippen molar-refractivity contribution in [3.8, 4) is 0 Å². The molecule has 1 aliphatic rings. The molecule has 0 spiro atoms. The lowest BCUT2D eigenvalue weighted by molar-refractivity contribution is 0.588. The molecule has 1 aliphatic heterocycles. The van der Waals surface area contributed by atoms with Gasteiger partial charge in [0.25, 0.3) is 0 Å². The molecule has 0 N–H and O–H groups in total. The summed E-state index contributed by atoms with van der Waals surface area (Å²) in [4.78, 5) is 3.63. The molecule has 2 rings (SSSR count). The van der Waals surface area contributed by atoms with Crippen molar-refractivity contribution in [1.29, 1.82) is 0 Å². The number of benzene rings is 1. The highest BCUT2D eigenvalue weighted by Crippen LogP contribution is 2.33. The molecule has 1 aromatic rings. The van der Waals surface area contributed by atoms with Crippen LogP contribution in [0.5, 0.6) is 0 Å². The Morgan fingerprint density at radius 2 is 2.07 bits per heavy atom. The molecule has 1 heterocycles. The molecule has 0 radical (unpaired) electrons. The topological polar surface area (TPSA) is 3.24 Å². The Morgan fingerprint density at radius 1 is 1.27 bits per heavy atom. The molecule has 1 nitrogen and oxygen atoms in total. The van der Waals surface area contributed by atoms with Gasteiger partial charge in [-0.25, -0.2) is 0 Å². The number of hydrogen-bond acceptors (Lipinski definition) is 2. The van der Waals surface area contributed by atoms with Crippen LogP contribution in [0.4, 0.5) is 0 Å². The Hall–Kier alpha value is -0.890. The summed E-state index contributed by atoms with van der Waals surface area (Å²) in [5.41, 5.74) is 4.09. The maximum absolute atomic E-state index is 2.35. The Morgan fingerprint density at radius 3 is 2.80 bits per heavy atom. The fourth-order valence-corrected chi connectivity index (χ4v) is 2.81. The summed E-state index contributed by atoms with van der Waals surface area (Å²) < 4.78 is 0. The van der Waals surface area contributed by atoms with Gasteiger partial charge in [0.1, 0.15) is 0 Å². The standard InChI is InChI=1S/C13H17NS/c1-10-6-7-13-11(9-10)12(14(2)3)5-4-8-15-13/h5-7,9H,4,8H2,1-3H3. The van der Waals surface area contributed by atoms with Crippen LogP contribution in [0.2, 0.25) is 0 Å². The second kappa shape index (κ2) is 4.31. The number of rotatable bonds is 1. The smallest absolute Gasteiger partial charge is 0.0405 e. The first-order valence-electron chi connectivity index (χ1n) is 5.30. The van der Waals surface area contributed by atoms with Crippen molar-refractivity contribution in [2.24, 2.45) is 0 Å². The van der Waals surface area contributed by atoms with Crippen LogP contribution in [0, 0.1) is 6.92 Å². The average Bonchev–Trinajstić information content (AvgIpc) is 2.39. The zero-order valence-electron chi connectivity index (χ0n) is 9.58. The van der Waals surface area contributed by atoms with Crippen LogP contribution in [-0.4, -0.2) is 24.7 Å². The first kappa shape index (κ1) is 10.6. The van der Waals surface area contributed by atoms with E-state index in [1.54, 1.807) is 0 Å². The first-order chi connectivity index (χ1) is 7.18. The van der Waals surface area contributed by atoms with E-state index in [0.29, 0.717) is 0 Å². The monoisotopic (exact) mass is 219 g/mol. The van der Waals surface area contributed by atoms with Gasteiger partial charge in [0.05, 0.1) is 0 Å². The molecule has 2 heteroatoms. The van der Waals surface area contributed by atoms with Crippen molar-refractivity contribution in [2.45, 2.75) is 18.2 Å². The van der Waals surface area contributed by atoms with Crippen LogP contribution in [0.15, 0.2) is 29.2 Å². The van der Waals surface area contributed by atoms with Gasteiger partial charge in [-0.05, 0) is 25.5 Å². The highest BCUT2D eigenvalue weighted by Gasteiger charge is 2.13. The minimum absolute atomic E-state index is 1.16. The van der Waals surface area contributed by atoms with Gasteiger partial charge in [-0.2, -0.15) is 0 Å². The molecule has 0 amide bonds. The summed E-state index contributed by atoms with van der Waals surface area (Å²) in [7, 11) is 4.24. The van der Waals surface area contributed by atoms with Gasteiger partial charge in [0, 0.05) is 36.0 Å². The maximum Gasteiger partial charge on any atom is 0.0405 e. The summed E-state index contributed by atoms with van der Waals surface area (Å²) in [5, 5.41) is 0. The summed E-state index contributed by atoms with van der Waals surface area (Å²) in [6.45, 7) is 2.16. The molecular weight excluding hydrogens is 202 g/mol. The van der Waals surface area contributed by atoms with E-state index in [1.165, 1.54) is 27.5 Å². The second-order valence-corrected chi connectivity index (χ2v) is 5.26. The predicted octanol–water partition coefficient (Wildman–Crippen LogP) is 3.39. The lowest BCUT2D eigenvalue weighted by atomic mass is 10.1. The third kappa shape index (κ3) is 2.20. The number of hydrogen-bond donors (Lipinski definition) is 0. The van der Waals surface area contributed by atoms with Crippen molar-refractivity contribution < 1.29 is 0 Å². The molecule has 0 saturated heterocycles. The lowest BCUT2D eigenvalue weighted by Crippen LogP contribution is -2.10. The van der Waals surface area contributed by atoms with Gasteiger partial charge in [-0.15, -0.1) is 11.8 Å². The van der Waals surface area contributed by atoms with Gasteiger partial charge in [-0.3, -0.25) is 0 Å².